The third-order valence-electron chi connectivity index (χ3n) is 4.74. The van der Waals surface area contributed by atoms with Crippen LogP contribution in [0.3, 0.4) is 0 Å². The van der Waals surface area contributed by atoms with Crippen molar-refractivity contribution in [3.8, 4) is 0 Å². The van der Waals surface area contributed by atoms with Gasteiger partial charge in [0.1, 0.15) is 0 Å². The fourth-order valence-electron chi connectivity index (χ4n) is 3.31. The van der Waals surface area contributed by atoms with Crippen molar-refractivity contribution in [1.29, 1.82) is 0 Å². The van der Waals surface area contributed by atoms with E-state index in [1.165, 1.54) is 12.1 Å². The van der Waals surface area contributed by atoms with Crippen molar-refractivity contribution >= 4 is 41.0 Å². The molecule has 1 heterocycles. The minimum atomic E-state index is -0.703. The Bertz CT molecular complexity index is 1000. The number of hydrazine groups is 1. The van der Waals surface area contributed by atoms with Gasteiger partial charge in [-0.3, -0.25) is 30.0 Å². The Morgan fingerprint density at radius 3 is 2.35 bits per heavy atom. The number of ether oxygens (including phenoxy) is 1. The lowest BCUT2D eigenvalue weighted by Gasteiger charge is -2.18. The number of benzene rings is 2. The molecule has 3 rings (SSSR count). The van der Waals surface area contributed by atoms with E-state index in [1.54, 1.807) is 17.0 Å². The first-order valence-corrected chi connectivity index (χ1v) is 10.0. The van der Waals surface area contributed by atoms with Gasteiger partial charge in [-0.05, 0) is 61.4 Å². The molecule has 2 aromatic carbocycles. The second-order valence-electron chi connectivity index (χ2n) is 7.37. The lowest BCUT2D eigenvalue weighted by molar-refractivity contribution is -0.152. The van der Waals surface area contributed by atoms with Crippen LogP contribution in [0.15, 0.2) is 42.5 Å². The van der Waals surface area contributed by atoms with Crippen molar-refractivity contribution in [1.82, 2.24) is 10.9 Å². The second kappa shape index (κ2) is 9.61. The molecule has 0 spiro atoms. The monoisotopic (exact) mass is 443 g/mol. The quantitative estimate of drug-likeness (QED) is 0.545. The van der Waals surface area contributed by atoms with E-state index in [9.17, 15) is 19.2 Å². The van der Waals surface area contributed by atoms with E-state index in [0.717, 1.165) is 16.8 Å². The summed E-state index contributed by atoms with van der Waals surface area (Å²) in [5, 5.41) is 0.481. The third-order valence-corrected chi connectivity index (χ3v) is 5.00. The van der Waals surface area contributed by atoms with Crippen molar-refractivity contribution in [3.63, 3.8) is 0 Å². The summed E-state index contributed by atoms with van der Waals surface area (Å²) in [6.07, 6.45) is 0.0146. The van der Waals surface area contributed by atoms with E-state index in [2.05, 4.69) is 10.9 Å². The van der Waals surface area contributed by atoms with E-state index in [4.69, 9.17) is 16.3 Å². The molecule has 0 aliphatic carbocycles. The number of amides is 3. The summed E-state index contributed by atoms with van der Waals surface area (Å²) in [6, 6.07) is 11.9. The minimum Gasteiger partial charge on any atom is -0.455 e. The van der Waals surface area contributed by atoms with Gasteiger partial charge in [-0.15, -0.1) is 0 Å². The smallest absolute Gasteiger partial charge is 0.311 e. The molecule has 2 aromatic rings. The maximum atomic E-state index is 12.4. The maximum Gasteiger partial charge on any atom is 0.311 e. The highest BCUT2D eigenvalue weighted by atomic mass is 35.5. The molecular formula is C22H22ClN3O5. The zero-order valence-corrected chi connectivity index (χ0v) is 17.9. The van der Waals surface area contributed by atoms with Gasteiger partial charge >= 0.3 is 5.97 Å². The third kappa shape index (κ3) is 5.82. The number of carbonyl (C=O) groups excluding carboxylic acids is 4. The molecule has 1 saturated heterocycles. The van der Waals surface area contributed by atoms with Crippen LogP contribution in [0.2, 0.25) is 5.02 Å². The molecule has 3 amide bonds. The summed E-state index contributed by atoms with van der Waals surface area (Å²) in [5.74, 6) is -2.72. The second-order valence-corrected chi connectivity index (χ2v) is 7.80. The van der Waals surface area contributed by atoms with Gasteiger partial charge in [0, 0.05) is 29.2 Å². The van der Waals surface area contributed by atoms with Gasteiger partial charge in [0.05, 0.1) is 5.92 Å². The summed E-state index contributed by atoms with van der Waals surface area (Å²) >= 11 is 5.76. The average molecular weight is 444 g/mol. The number of carbonyl (C=O) groups is 4. The van der Waals surface area contributed by atoms with Crippen LogP contribution in [0.1, 0.15) is 27.9 Å². The molecular weight excluding hydrogens is 422 g/mol. The van der Waals surface area contributed by atoms with Crippen LogP contribution in [-0.2, 0) is 19.1 Å². The Kier molecular flexibility index (Phi) is 6.91. The van der Waals surface area contributed by atoms with E-state index < -0.39 is 30.3 Å². The molecule has 1 atom stereocenters. The first-order valence-electron chi connectivity index (χ1n) is 9.63. The Morgan fingerprint density at radius 1 is 1.06 bits per heavy atom. The molecule has 0 saturated carbocycles. The lowest BCUT2D eigenvalue weighted by atomic mass is 10.1. The number of nitrogens with zero attached hydrogens (tertiary/aromatic N) is 1. The van der Waals surface area contributed by atoms with Crippen LogP contribution in [-0.4, -0.2) is 36.8 Å². The normalized spacial score (nSPS) is 15.5. The maximum absolute atomic E-state index is 12.4. The van der Waals surface area contributed by atoms with Gasteiger partial charge in [-0.1, -0.05) is 17.7 Å². The van der Waals surface area contributed by atoms with Gasteiger partial charge in [-0.2, -0.15) is 0 Å². The van der Waals surface area contributed by atoms with Crippen LogP contribution in [0.25, 0.3) is 0 Å². The minimum absolute atomic E-state index is 0.0146. The van der Waals surface area contributed by atoms with Crippen LogP contribution in [0.4, 0.5) is 5.69 Å². The van der Waals surface area contributed by atoms with Gasteiger partial charge in [0.2, 0.25) is 5.91 Å². The lowest BCUT2D eigenvalue weighted by Crippen LogP contribution is -2.43. The Morgan fingerprint density at radius 2 is 1.71 bits per heavy atom. The highest BCUT2D eigenvalue weighted by molar-refractivity contribution is 6.30. The van der Waals surface area contributed by atoms with Crippen LogP contribution < -0.4 is 15.8 Å². The molecule has 1 aliphatic heterocycles. The topological polar surface area (TPSA) is 105 Å². The molecule has 2 N–H and O–H groups in total. The van der Waals surface area contributed by atoms with E-state index in [1.807, 2.05) is 32.0 Å². The number of hydrogen-bond acceptors (Lipinski definition) is 5. The molecule has 0 unspecified atom stereocenters. The van der Waals surface area contributed by atoms with Crippen molar-refractivity contribution in [3.05, 3.63) is 64.2 Å². The SMILES string of the molecule is Cc1cc(C)cc(N2C[C@@H](C(=O)OCC(=O)NNC(=O)c3ccc(Cl)cc3)CC2=O)c1. The zero-order chi connectivity index (χ0) is 22.5. The average Bonchev–Trinajstić information content (AvgIpc) is 3.12. The standard InChI is InChI=1S/C22H22ClN3O5/c1-13-7-14(2)9-18(8-13)26-11-16(10-20(26)28)22(30)31-12-19(27)24-25-21(29)15-3-5-17(23)6-4-15/h3-9,16H,10-12H2,1-2H3,(H,24,27)(H,25,29)/t16-/m0/s1. The highest BCUT2D eigenvalue weighted by Gasteiger charge is 2.36. The summed E-state index contributed by atoms with van der Waals surface area (Å²) < 4.78 is 5.02. The van der Waals surface area contributed by atoms with Crippen LogP contribution in [0.5, 0.6) is 0 Å². The number of esters is 1. The molecule has 0 bridgehead atoms. The van der Waals surface area contributed by atoms with E-state index >= 15 is 0 Å². The van der Waals surface area contributed by atoms with Gasteiger partial charge in [0.25, 0.3) is 11.8 Å². The summed E-state index contributed by atoms with van der Waals surface area (Å²) in [7, 11) is 0. The van der Waals surface area contributed by atoms with Crippen molar-refractivity contribution < 1.29 is 23.9 Å². The molecule has 0 radical (unpaired) electrons. The Labute approximate surface area is 184 Å². The number of anilines is 1. The fraction of sp³-hybridized carbons (Fsp3) is 0.273. The van der Waals surface area contributed by atoms with E-state index in [-0.39, 0.29) is 18.9 Å². The molecule has 162 valence electrons. The summed E-state index contributed by atoms with van der Waals surface area (Å²) in [5.41, 5.74) is 7.47. The van der Waals surface area contributed by atoms with Gasteiger partial charge < -0.3 is 9.64 Å². The molecule has 31 heavy (non-hydrogen) atoms. The predicted octanol–water partition coefficient (Wildman–Crippen LogP) is 2.31. The van der Waals surface area contributed by atoms with Crippen LogP contribution >= 0.6 is 11.6 Å². The fourth-order valence-corrected chi connectivity index (χ4v) is 3.44. The summed E-state index contributed by atoms with van der Waals surface area (Å²) in [4.78, 5) is 50.1. The molecule has 0 aromatic heterocycles. The number of hydrogen-bond donors (Lipinski definition) is 2. The highest BCUT2D eigenvalue weighted by Crippen LogP contribution is 2.27. The number of aryl methyl sites for hydroxylation is 2. The number of halogens is 1. The largest absolute Gasteiger partial charge is 0.455 e. The van der Waals surface area contributed by atoms with Crippen LogP contribution in [0, 0.1) is 19.8 Å². The van der Waals surface area contributed by atoms with Gasteiger partial charge in [-0.25, -0.2) is 0 Å². The predicted molar refractivity (Wildman–Crippen MR) is 114 cm³/mol. The van der Waals surface area contributed by atoms with E-state index in [0.29, 0.717) is 10.6 Å². The van der Waals surface area contributed by atoms with Crippen molar-refractivity contribution in [2.75, 3.05) is 18.1 Å². The molecule has 9 heteroatoms. The van der Waals surface area contributed by atoms with Gasteiger partial charge in [0.15, 0.2) is 6.61 Å². The molecule has 1 fully saturated rings. The number of nitrogens with one attached hydrogen (secondary N) is 2. The first-order chi connectivity index (χ1) is 14.7. The Balaban J connectivity index is 1.47. The first kappa shape index (κ1) is 22.3. The van der Waals surface area contributed by atoms with Crippen molar-refractivity contribution in [2.24, 2.45) is 5.92 Å². The molecule has 1 aliphatic rings. The Hall–Kier alpha value is -3.39. The van der Waals surface area contributed by atoms with Crippen molar-refractivity contribution in [2.45, 2.75) is 20.3 Å². The molecule has 8 nitrogen and oxygen atoms in total. The summed E-state index contributed by atoms with van der Waals surface area (Å²) in [6.45, 7) is 3.49. The number of rotatable bonds is 5. The zero-order valence-electron chi connectivity index (χ0n) is 17.1.